The van der Waals surface area contributed by atoms with Gasteiger partial charge in [-0.2, -0.15) is 21.6 Å². The maximum Gasteiger partial charge on any atom is 0.416 e. The number of para-hydroxylation sites is 1. The van der Waals surface area contributed by atoms with E-state index in [0.717, 1.165) is 30.7 Å². The van der Waals surface area contributed by atoms with Gasteiger partial charge in [-0.3, -0.25) is 4.79 Å². The van der Waals surface area contributed by atoms with Gasteiger partial charge in [-0.25, -0.2) is 4.39 Å². The highest BCUT2D eigenvalue weighted by molar-refractivity contribution is 7.87. The van der Waals surface area contributed by atoms with Crippen LogP contribution in [-0.2, 0) is 27.6 Å². The first-order chi connectivity index (χ1) is 17.5. The molecule has 1 saturated heterocycles. The molecule has 0 aliphatic carbocycles. The van der Waals surface area contributed by atoms with Crippen LogP contribution in [0.25, 0.3) is 0 Å². The van der Waals surface area contributed by atoms with E-state index in [4.69, 9.17) is 8.92 Å². The van der Waals surface area contributed by atoms with Gasteiger partial charge in [0.15, 0.2) is 0 Å². The van der Waals surface area contributed by atoms with Gasteiger partial charge in [0.2, 0.25) is 0 Å². The number of carbonyl (C=O) groups excluding carboxylic acids is 1. The summed E-state index contributed by atoms with van der Waals surface area (Å²) in [4.78, 5) is 13.9. The lowest BCUT2D eigenvalue weighted by Gasteiger charge is -2.26. The van der Waals surface area contributed by atoms with Crippen molar-refractivity contribution in [1.29, 1.82) is 0 Å². The molecule has 37 heavy (non-hydrogen) atoms. The first-order valence-corrected chi connectivity index (χ1v) is 12.8. The molecule has 11 heteroatoms. The topological polar surface area (TPSA) is 72.9 Å². The number of nitrogens with zero attached hydrogens (tertiary/aromatic N) is 1. The highest BCUT2D eigenvalue weighted by Crippen LogP contribution is 2.32. The van der Waals surface area contributed by atoms with Gasteiger partial charge < -0.3 is 13.8 Å². The number of alkyl halides is 3. The highest BCUT2D eigenvalue weighted by atomic mass is 32.2. The van der Waals surface area contributed by atoms with Crippen molar-refractivity contribution < 1.29 is 39.7 Å². The van der Waals surface area contributed by atoms with Crippen molar-refractivity contribution in [2.75, 3.05) is 13.2 Å². The quantitative estimate of drug-likeness (QED) is 0.283. The molecule has 3 aromatic rings. The summed E-state index contributed by atoms with van der Waals surface area (Å²) >= 11 is 0. The van der Waals surface area contributed by atoms with E-state index >= 15 is 0 Å². The van der Waals surface area contributed by atoms with Gasteiger partial charge in [-0.05, 0) is 49.2 Å². The normalized spacial score (nSPS) is 15.9. The van der Waals surface area contributed by atoms with E-state index in [1.54, 1.807) is 6.07 Å². The maximum atomic E-state index is 14.4. The van der Waals surface area contributed by atoms with Crippen LogP contribution in [0.3, 0.4) is 0 Å². The summed E-state index contributed by atoms with van der Waals surface area (Å²) in [5, 5.41) is 0. The number of rotatable bonds is 8. The van der Waals surface area contributed by atoms with Crippen LogP contribution in [-0.4, -0.2) is 38.5 Å². The SMILES string of the molecule is O=C(c1ccccc1F)N(Cc1ccccc1OS(=O)(=O)c1cccc(C(F)(F)F)c1)C[C@H]1CCCO1. The molecule has 196 valence electrons. The first kappa shape index (κ1) is 26.6. The number of ether oxygens (including phenoxy) is 1. The minimum Gasteiger partial charge on any atom is -0.379 e. The minimum atomic E-state index is -4.74. The lowest BCUT2D eigenvalue weighted by Crippen LogP contribution is -2.37. The van der Waals surface area contributed by atoms with E-state index in [9.17, 15) is 30.8 Å². The van der Waals surface area contributed by atoms with Gasteiger partial charge in [0.25, 0.3) is 5.91 Å². The molecule has 0 aromatic heterocycles. The van der Waals surface area contributed by atoms with E-state index in [0.29, 0.717) is 19.1 Å². The second-order valence-electron chi connectivity index (χ2n) is 8.47. The third-order valence-corrected chi connectivity index (χ3v) is 7.05. The van der Waals surface area contributed by atoms with Crippen LogP contribution in [0.1, 0.15) is 34.3 Å². The van der Waals surface area contributed by atoms with Gasteiger partial charge in [0.1, 0.15) is 16.5 Å². The van der Waals surface area contributed by atoms with Crippen LogP contribution >= 0.6 is 0 Å². The number of amides is 1. The van der Waals surface area contributed by atoms with Gasteiger partial charge >= 0.3 is 16.3 Å². The molecule has 1 aliphatic heterocycles. The standard InChI is InChI=1S/C26H23F4NO5S/c27-23-12-3-2-11-22(23)25(32)31(17-20-9-6-14-35-20)16-18-7-1-4-13-24(18)36-37(33,34)21-10-5-8-19(15-21)26(28,29)30/h1-5,7-8,10-13,15,20H,6,9,14,16-17H2/t20-/m1/s1. The minimum absolute atomic E-state index is 0.127. The molecule has 1 amide bonds. The summed E-state index contributed by atoms with van der Waals surface area (Å²) in [6.07, 6.45) is -3.51. The summed E-state index contributed by atoms with van der Waals surface area (Å²) in [6.45, 7) is 0.504. The average Bonchev–Trinajstić information content (AvgIpc) is 3.37. The van der Waals surface area contributed by atoms with Gasteiger partial charge in [-0.1, -0.05) is 36.4 Å². The molecular formula is C26H23F4NO5S. The fraction of sp³-hybridized carbons (Fsp3) is 0.269. The fourth-order valence-electron chi connectivity index (χ4n) is 3.97. The molecule has 0 radical (unpaired) electrons. The van der Waals surface area contributed by atoms with Crippen molar-refractivity contribution >= 4 is 16.0 Å². The van der Waals surface area contributed by atoms with Crippen molar-refractivity contribution in [3.05, 3.63) is 95.3 Å². The van der Waals surface area contributed by atoms with Gasteiger partial charge in [-0.15, -0.1) is 0 Å². The summed E-state index contributed by atoms with van der Waals surface area (Å²) in [5.74, 6) is -1.50. The van der Waals surface area contributed by atoms with Crippen LogP contribution in [0.4, 0.5) is 17.6 Å². The molecular weight excluding hydrogens is 514 g/mol. The van der Waals surface area contributed by atoms with Crippen LogP contribution in [0, 0.1) is 5.82 Å². The Bertz CT molecular complexity index is 1370. The summed E-state index contributed by atoms with van der Waals surface area (Å²) in [7, 11) is -4.64. The van der Waals surface area contributed by atoms with Crippen LogP contribution in [0.15, 0.2) is 77.7 Å². The van der Waals surface area contributed by atoms with Crippen molar-refractivity contribution in [1.82, 2.24) is 4.90 Å². The molecule has 1 fully saturated rings. The lowest BCUT2D eigenvalue weighted by atomic mass is 10.1. The smallest absolute Gasteiger partial charge is 0.379 e. The Balaban J connectivity index is 1.63. The van der Waals surface area contributed by atoms with Crippen molar-refractivity contribution in [2.45, 2.75) is 36.6 Å². The first-order valence-electron chi connectivity index (χ1n) is 11.4. The number of benzene rings is 3. The predicted octanol–water partition coefficient (Wildman–Crippen LogP) is 5.43. The second kappa shape index (κ2) is 10.9. The zero-order valence-corrected chi connectivity index (χ0v) is 20.3. The molecule has 0 spiro atoms. The number of halogens is 4. The molecule has 1 aliphatic rings. The summed E-state index contributed by atoms with van der Waals surface area (Å²) in [6, 6.07) is 14.6. The second-order valence-corrected chi connectivity index (χ2v) is 10.0. The lowest BCUT2D eigenvalue weighted by molar-refractivity contribution is -0.137. The molecule has 4 rings (SSSR count). The Labute approximate surface area is 211 Å². The molecule has 6 nitrogen and oxygen atoms in total. The Morgan fingerprint density at radius 3 is 2.46 bits per heavy atom. The maximum absolute atomic E-state index is 14.4. The number of hydrogen-bond donors (Lipinski definition) is 0. The third kappa shape index (κ3) is 6.47. The zero-order valence-electron chi connectivity index (χ0n) is 19.4. The molecule has 0 unspecified atom stereocenters. The summed E-state index contributed by atoms with van der Waals surface area (Å²) < 4.78 is 90.3. The Morgan fingerprint density at radius 2 is 1.76 bits per heavy atom. The van der Waals surface area contributed by atoms with Crippen LogP contribution in [0.2, 0.25) is 0 Å². The van der Waals surface area contributed by atoms with Crippen LogP contribution < -0.4 is 4.18 Å². The van der Waals surface area contributed by atoms with Crippen LogP contribution in [0.5, 0.6) is 5.75 Å². The van der Waals surface area contributed by atoms with Crippen molar-refractivity contribution in [2.24, 2.45) is 0 Å². The molecule has 0 saturated carbocycles. The van der Waals surface area contributed by atoms with E-state index in [1.165, 1.54) is 41.3 Å². The monoisotopic (exact) mass is 537 g/mol. The average molecular weight is 538 g/mol. The number of hydrogen-bond acceptors (Lipinski definition) is 5. The van der Waals surface area contributed by atoms with E-state index in [2.05, 4.69) is 0 Å². The van der Waals surface area contributed by atoms with E-state index in [-0.39, 0.29) is 36.1 Å². The zero-order chi connectivity index (χ0) is 26.6. The molecule has 1 heterocycles. The Hall–Kier alpha value is -3.44. The Morgan fingerprint density at radius 1 is 1.03 bits per heavy atom. The molecule has 0 bridgehead atoms. The Kier molecular flexibility index (Phi) is 7.84. The molecule has 0 N–H and O–H groups in total. The van der Waals surface area contributed by atoms with Gasteiger partial charge in [0.05, 0.1) is 17.2 Å². The summed E-state index contributed by atoms with van der Waals surface area (Å²) in [5.41, 5.74) is -1.03. The predicted molar refractivity (Wildman–Crippen MR) is 126 cm³/mol. The van der Waals surface area contributed by atoms with Crippen molar-refractivity contribution in [3.8, 4) is 5.75 Å². The van der Waals surface area contributed by atoms with Crippen molar-refractivity contribution in [3.63, 3.8) is 0 Å². The van der Waals surface area contributed by atoms with E-state index < -0.39 is 38.5 Å². The van der Waals surface area contributed by atoms with Gasteiger partial charge in [0, 0.05) is 25.3 Å². The highest BCUT2D eigenvalue weighted by Gasteiger charge is 2.32. The third-order valence-electron chi connectivity index (χ3n) is 5.82. The molecule has 3 aromatic carbocycles. The number of carbonyl (C=O) groups is 1. The fourth-order valence-corrected chi connectivity index (χ4v) is 4.99. The largest absolute Gasteiger partial charge is 0.416 e. The van der Waals surface area contributed by atoms with E-state index in [1.807, 2.05) is 0 Å². The molecule has 1 atom stereocenters.